The number of hydrogen-bond donors (Lipinski definition) is 5. The fourth-order valence-corrected chi connectivity index (χ4v) is 5.35. The van der Waals surface area contributed by atoms with E-state index < -0.39 is 35.3 Å². The minimum absolute atomic E-state index is 0.0145. The molecular weight excluding hydrogens is 749 g/mol. The van der Waals surface area contributed by atoms with Crippen molar-refractivity contribution in [3.63, 3.8) is 0 Å². The lowest BCUT2D eigenvalue weighted by atomic mass is 10.0. The van der Waals surface area contributed by atoms with E-state index in [0.29, 0.717) is 6.42 Å². The lowest BCUT2D eigenvalue weighted by Gasteiger charge is -2.25. The van der Waals surface area contributed by atoms with Crippen molar-refractivity contribution in [2.24, 2.45) is 0 Å². The molecule has 14 heteroatoms. The van der Waals surface area contributed by atoms with Crippen molar-refractivity contribution in [3.8, 4) is 0 Å². The van der Waals surface area contributed by atoms with Gasteiger partial charge >= 0.3 is 11.9 Å². The number of aliphatic carboxylic acids is 2. The Kier molecular flexibility index (Phi) is 29.0. The third kappa shape index (κ3) is 30.2. The minimum atomic E-state index is -1.24. The van der Waals surface area contributed by atoms with Gasteiger partial charge in [-0.05, 0) is 33.1 Å². The Hall–Kier alpha value is -2.33. The number of rotatable bonds is 34. The van der Waals surface area contributed by atoms with E-state index in [-0.39, 0.29) is 68.4 Å². The molecule has 0 rings (SSSR count). The molecule has 5 N–H and O–H groups in total. The highest BCUT2D eigenvalue weighted by Crippen LogP contribution is 2.14. The van der Waals surface area contributed by atoms with Gasteiger partial charge in [0.05, 0.1) is 19.8 Å². The van der Waals surface area contributed by atoms with E-state index in [9.17, 15) is 33.9 Å². The highest BCUT2D eigenvalue weighted by atomic mass is 127. The summed E-state index contributed by atoms with van der Waals surface area (Å²) >= 11 is 1.64. The maximum atomic E-state index is 12.5. The van der Waals surface area contributed by atoms with E-state index in [1.54, 1.807) is 22.6 Å². The topological polar surface area (TPSA) is 197 Å². The van der Waals surface area contributed by atoms with Crippen molar-refractivity contribution < 1.29 is 48.5 Å². The summed E-state index contributed by atoms with van der Waals surface area (Å²) in [5.74, 6) is -3.20. The first kappa shape index (κ1) is 46.7. The fraction of sp³-hybridized carbons (Fsp3) is 0.829. The Morgan fingerprint density at radius 3 is 1.57 bits per heavy atom. The van der Waals surface area contributed by atoms with Crippen LogP contribution in [-0.2, 0) is 38.2 Å². The van der Waals surface area contributed by atoms with Crippen LogP contribution in [0.2, 0.25) is 0 Å². The number of carbonyl (C=O) groups is 6. The van der Waals surface area contributed by atoms with E-state index in [1.807, 2.05) is 0 Å². The van der Waals surface area contributed by atoms with E-state index in [4.69, 9.17) is 14.6 Å². The van der Waals surface area contributed by atoms with Gasteiger partial charge in [-0.15, -0.1) is 0 Å². The number of amides is 3. The molecule has 0 bridgehead atoms. The summed E-state index contributed by atoms with van der Waals surface area (Å²) in [6.07, 6.45) is 18.1. The molecule has 0 aromatic rings. The predicted octanol–water partition coefficient (Wildman–Crippen LogP) is 5.45. The number of ether oxygens (including phenoxy) is 2. The second-order valence-electron chi connectivity index (χ2n) is 13.0. The van der Waals surface area contributed by atoms with Gasteiger partial charge in [0, 0.05) is 48.4 Å². The van der Waals surface area contributed by atoms with Gasteiger partial charge in [0.25, 0.3) is 0 Å². The van der Waals surface area contributed by atoms with Crippen LogP contribution < -0.4 is 16.0 Å². The Morgan fingerprint density at radius 2 is 1.10 bits per heavy atom. The average Bonchev–Trinajstić information content (AvgIpc) is 3.02. The molecule has 0 aliphatic heterocycles. The summed E-state index contributed by atoms with van der Waals surface area (Å²) in [4.78, 5) is 70.3. The van der Waals surface area contributed by atoms with Crippen LogP contribution in [-0.4, -0.2) is 88.2 Å². The molecule has 0 aromatic heterocycles. The number of hydrogen-bond acceptors (Lipinski definition) is 8. The van der Waals surface area contributed by atoms with Crippen molar-refractivity contribution >= 4 is 56.0 Å². The van der Waals surface area contributed by atoms with Crippen LogP contribution in [0.15, 0.2) is 0 Å². The molecule has 0 radical (unpaired) electrons. The van der Waals surface area contributed by atoms with Crippen LogP contribution in [0.4, 0.5) is 0 Å². The quantitative estimate of drug-likeness (QED) is 0.0317. The molecule has 0 unspecified atom stereocenters. The minimum Gasteiger partial charge on any atom is -0.481 e. The van der Waals surface area contributed by atoms with E-state index >= 15 is 0 Å². The monoisotopic (exact) mass is 811 g/mol. The third-order valence-corrected chi connectivity index (χ3v) is 8.29. The van der Waals surface area contributed by atoms with E-state index in [0.717, 1.165) is 38.5 Å². The molecule has 3 amide bonds. The number of nitrogens with one attached hydrogen (secondary N) is 3. The SMILES string of the molecule is CC(C)(NC(=O)CC[C@H](NC(=O)CCCCCCCCCCCCCCCCCCC(=O)O)C(=O)O)C(=O)NCCOCCOCC(=O)I. The molecule has 0 heterocycles. The Morgan fingerprint density at radius 1 is 0.633 bits per heavy atom. The number of carbonyl (C=O) groups excluding carboxylic acids is 4. The van der Waals surface area contributed by atoms with Gasteiger partial charge in [-0.2, -0.15) is 0 Å². The van der Waals surface area contributed by atoms with Crippen LogP contribution in [0.3, 0.4) is 0 Å². The molecule has 13 nitrogen and oxygen atoms in total. The molecule has 0 saturated carbocycles. The number of halogens is 1. The molecule has 0 fully saturated rings. The summed E-state index contributed by atoms with van der Waals surface area (Å²) < 4.78 is 10.3. The van der Waals surface area contributed by atoms with Gasteiger partial charge in [0.1, 0.15) is 18.2 Å². The highest BCUT2D eigenvalue weighted by molar-refractivity contribution is 14.1. The largest absolute Gasteiger partial charge is 0.481 e. The highest BCUT2D eigenvalue weighted by Gasteiger charge is 2.30. The molecular formula is C35H62IN3O10. The van der Waals surface area contributed by atoms with Crippen LogP contribution in [0.25, 0.3) is 0 Å². The summed E-state index contributed by atoms with van der Waals surface area (Å²) in [6.45, 7) is 4.05. The first-order chi connectivity index (χ1) is 23.3. The fourth-order valence-electron chi connectivity index (χ4n) is 5.13. The van der Waals surface area contributed by atoms with Gasteiger partial charge in [0.2, 0.25) is 21.5 Å². The second-order valence-corrected chi connectivity index (χ2v) is 14.2. The third-order valence-electron chi connectivity index (χ3n) is 7.98. The number of carboxylic acid groups (broad SMARTS) is 2. The van der Waals surface area contributed by atoms with Crippen molar-refractivity contribution in [1.29, 1.82) is 0 Å². The molecule has 284 valence electrons. The Bertz CT molecular complexity index is 964. The lowest BCUT2D eigenvalue weighted by molar-refractivity contribution is -0.142. The summed E-state index contributed by atoms with van der Waals surface area (Å²) in [5.41, 5.74) is -1.24. The van der Waals surface area contributed by atoms with Crippen LogP contribution in [0.1, 0.15) is 142 Å². The first-order valence-corrected chi connectivity index (χ1v) is 19.1. The van der Waals surface area contributed by atoms with Crippen LogP contribution >= 0.6 is 22.6 Å². The smallest absolute Gasteiger partial charge is 0.326 e. The zero-order valence-electron chi connectivity index (χ0n) is 29.8. The predicted molar refractivity (Wildman–Crippen MR) is 195 cm³/mol. The van der Waals surface area contributed by atoms with Crippen molar-refractivity contribution in [2.75, 3.05) is 33.0 Å². The van der Waals surface area contributed by atoms with Gasteiger partial charge in [0.15, 0.2) is 0 Å². The van der Waals surface area contributed by atoms with Crippen molar-refractivity contribution in [2.45, 2.75) is 154 Å². The first-order valence-electron chi connectivity index (χ1n) is 18.0. The molecule has 0 spiro atoms. The molecule has 1 atom stereocenters. The van der Waals surface area contributed by atoms with Gasteiger partial charge in [-0.3, -0.25) is 24.0 Å². The summed E-state index contributed by atoms with van der Waals surface area (Å²) in [5, 5.41) is 26.0. The molecule has 49 heavy (non-hydrogen) atoms. The van der Waals surface area contributed by atoms with Gasteiger partial charge < -0.3 is 35.6 Å². The summed E-state index contributed by atoms with van der Waals surface area (Å²) in [6, 6.07) is -1.19. The average molecular weight is 812 g/mol. The normalized spacial score (nSPS) is 11.9. The lowest BCUT2D eigenvalue weighted by Crippen LogP contribution is -2.55. The van der Waals surface area contributed by atoms with E-state index in [1.165, 1.54) is 71.6 Å². The van der Waals surface area contributed by atoms with Crippen LogP contribution in [0, 0.1) is 0 Å². The van der Waals surface area contributed by atoms with Gasteiger partial charge in [-0.1, -0.05) is 89.9 Å². The maximum Gasteiger partial charge on any atom is 0.326 e. The number of unbranched alkanes of at least 4 members (excludes halogenated alkanes) is 15. The summed E-state index contributed by atoms with van der Waals surface area (Å²) in [7, 11) is 0. The molecule has 0 saturated heterocycles. The van der Waals surface area contributed by atoms with Crippen molar-refractivity contribution in [1.82, 2.24) is 16.0 Å². The standard InChI is InChI=1S/C35H62IN3O10/c1-35(2,34(47)37-23-24-48-25-26-49-27-29(36)40)39-31(42)22-21-28(33(45)46)38-30(41)19-17-15-13-11-9-7-5-3-4-6-8-10-12-14-16-18-20-32(43)44/h28H,3-27H2,1-2H3,(H,37,47)(H,38,41)(H,39,42)(H,43,44)(H,45,46)/t28-/m0/s1. The van der Waals surface area contributed by atoms with Gasteiger partial charge in [-0.25, -0.2) is 4.79 Å². The van der Waals surface area contributed by atoms with Crippen molar-refractivity contribution in [3.05, 3.63) is 0 Å². The molecule has 0 aromatic carbocycles. The maximum absolute atomic E-state index is 12.5. The Labute approximate surface area is 306 Å². The zero-order chi connectivity index (χ0) is 36.8. The van der Waals surface area contributed by atoms with E-state index in [2.05, 4.69) is 16.0 Å². The zero-order valence-corrected chi connectivity index (χ0v) is 32.0. The number of carboxylic acids is 2. The second kappa shape index (κ2) is 30.5. The molecule has 0 aliphatic rings. The molecule has 0 aliphatic carbocycles. The van der Waals surface area contributed by atoms with Crippen LogP contribution in [0.5, 0.6) is 0 Å². The Balaban J connectivity index is 3.91.